The summed E-state index contributed by atoms with van der Waals surface area (Å²) in [4.78, 5) is 12.3. The van der Waals surface area contributed by atoms with Crippen LogP contribution in [0.25, 0.3) is 6.08 Å². The van der Waals surface area contributed by atoms with Gasteiger partial charge in [-0.15, -0.1) is 0 Å². The van der Waals surface area contributed by atoms with Crippen molar-refractivity contribution < 1.29 is 23.4 Å². The molecule has 0 amide bonds. The summed E-state index contributed by atoms with van der Waals surface area (Å²) in [5, 5.41) is 0. The van der Waals surface area contributed by atoms with Crippen LogP contribution in [-0.2, 0) is 0 Å². The van der Waals surface area contributed by atoms with Crippen molar-refractivity contribution in [3.05, 3.63) is 47.6 Å². The minimum Gasteiger partial charge on any atom is -0.496 e. The van der Waals surface area contributed by atoms with Gasteiger partial charge in [-0.05, 0) is 12.1 Å². The van der Waals surface area contributed by atoms with Crippen LogP contribution >= 0.6 is 0 Å². The van der Waals surface area contributed by atoms with Crippen LogP contribution in [0.5, 0.6) is 17.2 Å². The van der Waals surface area contributed by atoms with Crippen LogP contribution in [-0.4, -0.2) is 20.0 Å². The van der Waals surface area contributed by atoms with Gasteiger partial charge in [0, 0.05) is 18.2 Å². The van der Waals surface area contributed by atoms with E-state index in [9.17, 15) is 4.79 Å². The van der Waals surface area contributed by atoms with E-state index in [4.69, 9.17) is 18.6 Å². The normalized spacial score (nSPS) is 15.1. The molecular formula is C15H12O5. The predicted molar refractivity (Wildman–Crippen MR) is 71.2 cm³/mol. The number of carbonyl (C=O) groups is 1. The Labute approximate surface area is 115 Å². The van der Waals surface area contributed by atoms with Crippen LogP contribution in [0.4, 0.5) is 0 Å². The van der Waals surface area contributed by atoms with Gasteiger partial charge in [-0.3, -0.25) is 4.79 Å². The summed E-state index contributed by atoms with van der Waals surface area (Å²) < 4.78 is 21.1. The molecule has 0 bridgehead atoms. The fourth-order valence-corrected chi connectivity index (χ4v) is 2.03. The quantitative estimate of drug-likeness (QED) is 0.804. The van der Waals surface area contributed by atoms with E-state index in [0.717, 1.165) is 0 Å². The lowest BCUT2D eigenvalue weighted by molar-refractivity contribution is 0.101. The van der Waals surface area contributed by atoms with E-state index in [-0.39, 0.29) is 11.5 Å². The third kappa shape index (κ3) is 1.93. The summed E-state index contributed by atoms with van der Waals surface area (Å²) in [6.07, 6.45) is 3.08. The molecule has 0 fully saturated rings. The number of carbonyl (C=O) groups excluding carboxylic acids is 1. The first-order valence-corrected chi connectivity index (χ1v) is 5.96. The second-order valence-corrected chi connectivity index (χ2v) is 4.16. The molecule has 2 heterocycles. The van der Waals surface area contributed by atoms with Crippen molar-refractivity contribution in [2.45, 2.75) is 0 Å². The first-order chi connectivity index (χ1) is 9.72. The molecule has 0 unspecified atom stereocenters. The molecule has 5 heteroatoms. The van der Waals surface area contributed by atoms with Crippen molar-refractivity contribution >= 4 is 11.9 Å². The van der Waals surface area contributed by atoms with Gasteiger partial charge in [0.25, 0.3) is 0 Å². The van der Waals surface area contributed by atoms with Gasteiger partial charge in [0.2, 0.25) is 5.78 Å². The summed E-state index contributed by atoms with van der Waals surface area (Å²) in [7, 11) is 3.04. The molecule has 1 aromatic heterocycles. The van der Waals surface area contributed by atoms with E-state index in [0.29, 0.717) is 28.6 Å². The van der Waals surface area contributed by atoms with Crippen LogP contribution in [0.1, 0.15) is 16.1 Å². The first-order valence-electron chi connectivity index (χ1n) is 5.96. The van der Waals surface area contributed by atoms with Crippen molar-refractivity contribution in [1.29, 1.82) is 0 Å². The number of methoxy groups -OCH3 is 2. The number of allylic oxidation sites excluding steroid dienone is 1. The van der Waals surface area contributed by atoms with Crippen molar-refractivity contribution in [1.82, 2.24) is 0 Å². The van der Waals surface area contributed by atoms with E-state index >= 15 is 0 Å². The lowest BCUT2D eigenvalue weighted by atomic mass is 10.1. The molecule has 0 radical (unpaired) electrons. The zero-order valence-electron chi connectivity index (χ0n) is 11.0. The highest BCUT2D eigenvalue weighted by Crippen LogP contribution is 2.41. The summed E-state index contributed by atoms with van der Waals surface area (Å²) in [6.45, 7) is 0. The Morgan fingerprint density at radius 3 is 2.70 bits per heavy atom. The molecule has 1 aliphatic rings. The lowest BCUT2D eigenvalue weighted by Gasteiger charge is -2.07. The van der Waals surface area contributed by atoms with E-state index < -0.39 is 0 Å². The average molecular weight is 272 g/mol. The van der Waals surface area contributed by atoms with Gasteiger partial charge < -0.3 is 18.6 Å². The van der Waals surface area contributed by atoms with Gasteiger partial charge in [-0.1, -0.05) is 0 Å². The minimum absolute atomic E-state index is 0.196. The molecule has 3 rings (SSSR count). The highest BCUT2D eigenvalue weighted by molar-refractivity contribution is 6.16. The monoisotopic (exact) mass is 272 g/mol. The van der Waals surface area contributed by atoms with E-state index in [1.54, 1.807) is 30.3 Å². The van der Waals surface area contributed by atoms with Gasteiger partial charge in [0.15, 0.2) is 5.76 Å². The molecule has 102 valence electrons. The maximum Gasteiger partial charge on any atom is 0.235 e. The van der Waals surface area contributed by atoms with Crippen molar-refractivity contribution in [2.75, 3.05) is 14.2 Å². The second kappa shape index (κ2) is 4.77. The molecule has 0 N–H and O–H groups in total. The van der Waals surface area contributed by atoms with Crippen molar-refractivity contribution in [3.8, 4) is 17.2 Å². The number of benzene rings is 1. The maximum absolute atomic E-state index is 12.3. The molecule has 0 aliphatic carbocycles. The molecule has 0 saturated heterocycles. The molecule has 0 spiro atoms. The zero-order valence-corrected chi connectivity index (χ0v) is 11.0. The molecule has 1 aromatic carbocycles. The Morgan fingerprint density at radius 2 is 2.05 bits per heavy atom. The standard InChI is InChI=1S/C15H12O5/c1-17-10-7-11(18-2)14-12(8-10)20-13(15(14)16)6-9-4-3-5-19-9/h3-8H,1-2H3. The SMILES string of the molecule is COc1cc(OC)c2c(c1)OC(=Cc1ccco1)C2=O. The molecule has 0 saturated carbocycles. The Hall–Kier alpha value is -2.69. The highest BCUT2D eigenvalue weighted by Gasteiger charge is 2.32. The Bertz CT molecular complexity index is 683. The Balaban J connectivity index is 2.06. The number of hydrogen-bond donors (Lipinski definition) is 0. The Morgan fingerprint density at radius 1 is 1.20 bits per heavy atom. The van der Waals surface area contributed by atoms with Crippen LogP contribution < -0.4 is 14.2 Å². The van der Waals surface area contributed by atoms with E-state index in [2.05, 4.69) is 0 Å². The minimum atomic E-state index is -0.240. The summed E-state index contributed by atoms with van der Waals surface area (Å²) in [6, 6.07) is 6.78. The van der Waals surface area contributed by atoms with Crippen LogP contribution in [0.2, 0.25) is 0 Å². The maximum atomic E-state index is 12.3. The molecular weight excluding hydrogens is 260 g/mol. The molecule has 0 atom stereocenters. The van der Waals surface area contributed by atoms with Gasteiger partial charge in [0.1, 0.15) is 28.6 Å². The second-order valence-electron chi connectivity index (χ2n) is 4.16. The largest absolute Gasteiger partial charge is 0.496 e. The molecule has 20 heavy (non-hydrogen) atoms. The number of furan rings is 1. The summed E-state index contributed by atoms with van der Waals surface area (Å²) in [5.74, 6) is 1.91. The van der Waals surface area contributed by atoms with Crippen LogP contribution in [0.3, 0.4) is 0 Å². The molecule has 2 aromatic rings. The number of ether oxygens (including phenoxy) is 3. The fourth-order valence-electron chi connectivity index (χ4n) is 2.03. The zero-order chi connectivity index (χ0) is 14.1. The topological polar surface area (TPSA) is 57.9 Å². The van der Waals surface area contributed by atoms with Crippen LogP contribution in [0.15, 0.2) is 40.7 Å². The van der Waals surface area contributed by atoms with Crippen molar-refractivity contribution in [2.24, 2.45) is 0 Å². The van der Waals surface area contributed by atoms with E-state index in [1.807, 2.05) is 0 Å². The number of Topliss-reactive ketones (excluding diaryl/α,β-unsaturated/α-hetero) is 1. The number of ketones is 1. The number of rotatable bonds is 3. The number of fused-ring (bicyclic) bond motifs is 1. The third-order valence-corrected chi connectivity index (χ3v) is 2.98. The summed E-state index contributed by atoms with van der Waals surface area (Å²) >= 11 is 0. The fraction of sp³-hybridized carbons (Fsp3) is 0.133. The summed E-state index contributed by atoms with van der Waals surface area (Å²) in [5.41, 5.74) is 0.395. The Kier molecular flexibility index (Phi) is 2.95. The third-order valence-electron chi connectivity index (χ3n) is 2.98. The molecule has 1 aliphatic heterocycles. The predicted octanol–water partition coefficient (Wildman–Crippen LogP) is 2.91. The van der Waals surface area contributed by atoms with Crippen molar-refractivity contribution in [3.63, 3.8) is 0 Å². The van der Waals surface area contributed by atoms with Gasteiger partial charge >= 0.3 is 0 Å². The van der Waals surface area contributed by atoms with Gasteiger partial charge in [-0.25, -0.2) is 0 Å². The van der Waals surface area contributed by atoms with Gasteiger partial charge in [0.05, 0.1) is 20.5 Å². The smallest absolute Gasteiger partial charge is 0.235 e. The van der Waals surface area contributed by atoms with E-state index in [1.165, 1.54) is 20.5 Å². The molecule has 5 nitrogen and oxygen atoms in total. The first kappa shape index (κ1) is 12.3. The number of hydrogen-bond acceptors (Lipinski definition) is 5. The average Bonchev–Trinajstić information content (AvgIpc) is 3.07. The highest BCUT2D eigenvalue weighted by atomic mass is 16.5. The lowest BCUT2D eigenvalue weighted by Crippen LogP contribution is -2.00. The van der Waals surface area contributed by atoms with Crippen LogP contribution in [0, 0.1) is 0 Å². The van der Waals surface area contributed by atoms with Gasteiger partial charge in [-0.2, -0.15) is 0 Å².